The van der Waals surface area contributed by atoms with E-state index in [-0.39, 0.29) is 12.0 Å². The van der Waals surface area contributed by atoms with Crippen LogP contribution in [0.15, 0.2) is 0 Å². The Morgan fingerprint density at radius 1 is 1.33 bits per heavy atom. The van der Waals surface area contributed by atoms with Gasteiger partial charge in [0, 0.05) is 6.61 Å². The number of esters is 1. The van der Waals surface area contributed by atoms with Gasteiger partial charge in [0.1, 0.15) is 17.7 Å². The van der Waals surface area contributed by atoms with Crippen LogP contribution in [0.3, 0.4) is 0 Å². The van der Waals surface area contributed by atoms with Gasteiger partial charge in [-0.3, -0.25) is 4.39 Å². The van der Waals surface area contributed by atoms with Gasteiger partial charge >= 0.3 is 12.1 Å². The van der Waals surface area contributed by atoms with Crippen molar-refractivity contribution in [2.24, 2.45) is 11.8 Å². The molecule has 1 fully saturated rings. The molecule has 1 heterocycles. The number of rotatable bonds is 6. The first-order chi connectivity index (χ1) is 12.5. The van der Waals surface area contributed by atoms with Crippen molar-refractivity contribution in [1.29, 1.82) is 0 Å². The molecule has 27 heavy (non-hydrogen) atoms. The number of nitrogens with one attached hydrogen (secondary N) is 1. The van der Waals surface area contributed by atoms with Gasteiger partial charge < -0.3 is 19.5 Å². The Morgan fingerprint density at radius 3 is 2.56 bits per heavy atom. The molecule has 1 aliphatic heterocycles. The predicted molar refractivity (Wildman–Crippen MR) is 101 cm³/mol. The van der Waals surface area contributed by atoms with Crippen LogP contribution in [0.1, 0.15) is 67.2 Å². The summed E-state index contributed by atoms with van der Waals surface area (Å²) in [5.41, 5.74) is -0.651. The van der Waals surface area contributed by atoms with E-state index < -0.39 is 36.5 Å². The topological polar surface area (TPSA) is 73.9 Å². The van der Waals surface area contributed by atoms with Gasteiger partial charge in [-0.2, -0.15) is 0 Å². The molecule has 4 atom stereocenters. The van der Waals surface area contributed by atoms with E-state index in [1.54, 1.807) is 27.7 Å². The average Bonchev–Trinajstić information content (AvgIpc) is 2.55. The maximum atomic E-state index is 13.1. The minimum Gasteiger partial charge on any atom is -0.458 e. The largest absolute Gasteiger partial charge is 0.458 e. The van der Waals surface area contributed by atoms with Gasteiger partial charge in [0.2, 0.25) is 0 Å². The molecular formula is C20H36FNO5. The second-order valence-electron chi connectivity index (χ2n) is 8.70. The number of alkyl carbamates (subject to hydrolysis) is 1. The highest BCUT2D eigenvalue weighted by Crippen LogP contribution is 2.27. The Balaban J connectivity index is 2.84. The van der Waals surface area contributed by atoms with Crippen molar-refractivity contribution >= 4 is 12.1 Å². The Hall–Kier alpha value is -1.37. The lowest BCUT2D eigenvalue weighted by Crippen LogP contribution is -2.46. The third-order valence-corrected chi connectivity index (χ3v) is 4.37. The van der Waals surface area contributed by atoms with Crippen LogP contribution in [0.5, 0.6) is 0 Å². The van der Waals surface area contributed by atoms with Gasteiger partial charge in [0.05, 0.1) is 12.8 Å². The number of carbonyl (C=O) groups excluding carboxylic acids is 2. The van der Waals surface area contributed by atoms with Crippen molar-refractivity contribution in [1.82, 2.24) is 5.32 Å². The minimum atomic E-state index is -0.780. The first-order valence-electron chi connectivity index (χ1n) is 9.91. The highest BCUT2D eigenvalue weighted by molar-refractivity contribution is 5.81. The van der Waals surface area contributed by atoms with Crippen molar-refractivity contribution in [2.75, 3.05) is 13.3 Å². The fourth-order valence-electron chi connectivity index (χ4n) is 3.19. The summed E-state index contributed by atoms with van der Waals surface area (Å²) in [6, 6.07) is -0.780. The number of ether oxygens (including phenoxy) is 3. The van der Waals surface area contributed by atoms with Gasteiger partial charge in [0.15, 0.2) is 0 Å². The molecule has 158 valence electrons. The molecular weight excluding hydrogens is 353 g/mol. The lowest BCUT2D eigenvalue weighted by molar-refractivity contribution is -0.161. The Morgan fingerprint density at radius 2 is 2.00 bits per heavy atom. The molecule has 1 rings (SSSR count). The van der Waals surface area contributed by atoms with E-state index in [4.69, 9.17) is 14.2 Å². The summed E-state index contributed by atoms with van der Waals surface area (Å²) < 4.78 is 29.9. The molecule has 7 heteroatoms. The number of amides is 1. The highest BCUT2D eigenvalue weighted by atomic mass is 19.1. The summed E-state index contributed by atoms with van der Waals surface area (Å²) in [5.74, 6) is -0.211. The van der Waals surface area contributed by atoms with E-state index in [0.29, 0.717) is 38.2 Å². The molecule has 0 aromatic heterocycles. The van der Waals surface area contributed by atoms with E-state index in [2.05, 4.69) is 5.32 Å². The zero-order chi connectivity index (χ0) is 20.6. The van der Waals surface area contributed by atoms with Crippen LogP contribution in [-0.2, 0) is 19.0 Å². The first kappa shape index (κ1) is 23.7. The molecule has 0 aromatic rings. The molecule has 0 aromatic carbocycles. The van der Waals surface area contributed by atoms with Gasteiger partial charge in [-0.05, 0) is 58.8 Å². The van der Waals surface area contributed by atoms with Crippen molar-refractivity contribution in [3.8, 4) is 0 Å². The molecule has 0 radical (unpaired) electrons. The van der Waals surface area contributed by atoms with Crippen LogP contribution >= 0.6 is 0 Å². The number of hydrogen-bond donors (Lipinski definition) is 1. The first-order valence-corrected chi connectivity index (χ1v) is 9.91. The van der Waals surface area contributed by atoms with Gasteiger partial charge in [-0.25, -0.2) is 9.59 Å². The molecule has 1 saturated heterocycles. The van der Waals surface area contributed by atoms with Crippen molar-refractivity contribution in [2.45, 2.75) is 91.1 Å². The van der Waals surface area contributed by atoms with Crippen LogP contribution in [-0.4, -0.2) is 49.2 Å². The van der Waals surface area contributed by atoms with E-state index in [1.807, 2.05) is 13.8 Å². The normalized spacial score (nSPS) is 27.3. The maximum absolute atomic E-state index is 13.1. The predicted octanol–water partition coefficient (Wildman–Crippen LogP) is 4.01. The van der Waals surface area contributed by atoms with Gasteiger partial charge in [-0.1, -0.05) is 20.3 Å². The fraction of sp³-hybridized carbons (Fsp3) is 0.900. The quantitative estimate of drug-likeness (QED) is 0.695. The van der Waals surface area contributed by atoms with E-state index in [1.165, 1.54) is 0 Å². The molecule has 1 N–H and O–H groups in total. The van der Waals surface area contributed by atoms with Crippen LogP contribution in [0, 0.1) is 11.8 Å². The molecule has 0 saturated carbocycles. The summed E-state index contributed by atoms with van der Waals surface area (Å²) >= 11 is 0. The molecule has 0 spiro atoms. The highest BCUT2D eigenvalue weighted by Gasteiger charge is 2.35. The molecule has 0 bridgehead atoms. The van der Waals surface area contributed by atoms with Crippen molar-refractivity contribution in [3.63, 3.8) is 0 Å². The minimum absolute atomic E-state index is 0.0307. The average molecular weight is 390 g/mol. The number of halogens is 1. The maximum Gasteiger partial charge on any atom is 0.408 e. The second kappa shape index (κ2) is 10.8. The second-order valence-corrected chi connectivity index (χ2v) is 8.70. The summed E-state index contributed by atoms with van der Waals surface area (Å²) in [5, 5.41) is 2.60. The monoisotopic (exact) mass is 389 g/mol. The Labute approximate surface area is 162 Å². The Kier molecular flexibility index (Phi) is 9.50. The number of carbonyl (C=O) groups is 2. The zero-order valence-corrected chi connectivity index (χ0v) is 17.5. The van der Waals surface area contributed by atoms with Crippen molar-refractivity contribution < 1.29 is 28.2 Å². The van der Waals surface area contributed by atoms with E-state index >= 15 is 0 Å². The molecule has 4 unspecified atom stereocenters. The van der Waals surface area contributed by atoms with Crippen LogP contribution in [0.25, 0.3) is 0 Å². The summed E-state index contributed by atoms with van der Waals surface area (Å²) in [7, 11) is 0. The number of hydrogen-bond acceptors (Lipinski definition) is 5. The standard InChI is InChI=1S/C20H36FNO5/c1-13(2)12-25-17-14(3)26-18(23)16(9-7-8-15(17)10-11-21)22-19(24)27-20(4,5)6/h13-17H,7-12H2,1-6H3,(H,22,24). The molecule has 1 amide bonds. The van der Waals surface area contributed by atoms with Crippen LogP contribution in [0.4, 0.5) is 9.18 Å². The van der Waals surface area contributed by atoms with Gasteiger partial charge in [-0.15, -0.1) is 0 Å². The van der Waals surface area contributed by atoms with Gasteiger partial charge in [0.25, 0.3) is 0 Å². The van der Waals surface area contributed by atoms with Crippen LogP contribution < -0.4 is 5.32 Å². The lowest BCUT2D eigenvalue weighted by Gasteiger charge is -2.31. The van der Waals surface area contributed by atoms with Crippen molar-refractivity contribution in [3.05, 3.63) is 0 Å². The number of cyclic esters (lactones) is 1. The third kappa shape index (κ3) is 8.91. The summed E-state index contributed by atoms with van der Waals surface area (Å²) in [6.45, 7) is 11.2. The lowest BCUT2D eigenvalue weighted by atomic mass is 9.90. The van der Waals surface area contributed by atoms with Crippen LogP contribution in [0.2, 0.25) is 0 Å². The third-order valence-electron chi connectivity index (χ3n) is 4.37. The van der Waals surface area contributed by atoms with E-state index in [0.717, 1.165) is 0 Å². The summed E-state index contributed by atoms with van der Waals surface area (Å²) in [4.78, 5) is 24.6. The fourth-order valence-corrected chi connectivity index (χ4v) is 3.19. The summed E-state index contributed by atoms with van der Waals surface area (Å²) in [6.07, 6.45) is 0.638. The SMILES string of the molecule is CC(C)COC1C(CCF)CCCC(NC(=O)OC(C)(C)C)C(=O)OC1C. The smallest absolute Gasteiger partial charge is 0.408 e. The molecule has 1 aliphatic rings. The molecule has 6 nitrogen and oxygen atoms in total. The Bertz CT molecular complexity index is 477. The molecule has 0 aliphatic carbocycles. The zero-order valence-electron chi connectivity index (χ0n) is 17.5. The number of alkyl halides is 1. The van der Waals surface area contributed by atoms with E-state index in [9.17, 15) is 14.0 Å².